The lowest BCUT2D eigenvalue weighted by Gasteiger charge is -2.70. The minimum Gasteiger partial charge on any atom is -0.465 e. The molecular weight excluding hydrogens is 440 g/mol. The zero-order chi connectivity index (χ0) is 24.8. The van der Waals surface area contributed by atoms with Crippen LogP contribution in [-0.4, -0.2) is 42.7 Å². The van der Waals surface area contributed by atoms with E-state index < -0.39 is 35.2 Å². The highest BCUT2D eigenvalue weighted by Crippen LogP contribution is 2.79. The van der Waals surface area contributed by atoms with Gasteiger partial charge in [-0.15, -0.1) is 0 Å². The van der Waals surface area contributed by atoms with E-state index in [1.165, 1.54) is 27.0 Å². The lowest BCUT2D eigenvalue weighted by molar-refractivity contribution is -0.315. The van der Waals surface area contributed by atoms with Gasteiger partial charge in [-0.2, -0.15) is 0 Å². The van der Waals surface area contributed by atoms with Crippen molar-refractivity contribution in [2.24, 2.45) is 34.5 Å². The Morgan fingerprint density at radius 2 is 1.76 bits per heavy atom. The molecule has 0 saturated heterocycles. The van der Waals surface area contributed by atoms with Crippen molar-refractivity contribution in [3.8, 4) is 0 Å². The van der Waals surface area contributed by atoms with Crippen LogP contribution in [-0.2, 0) is 38.1 Å². The van der Waals surface area contributed by atoms with Gasteiger partial charge >= 0.3 is 17.9 Å². The van der Waals surface area contributed by atoms with Crippen molar-refractivity contribution >= 4 is 23.7 Å². The number of ether oxygens (including phenoxy) is 4. The molecule has 8 nitrogen and oxygen atoms in total. The first kappa shape index (κ1) is 24.7. The SMILES string of the molecule is CC(=O)OCC12CCCC3(C4C(OC(C)=O)OC=C(C(=O)CCC(C)C)C4CC13)C2OC(C)=O. The van der Waals surface area contributed by atoms with Crippen LogP contribution in [0.3, 0.4) is 0 Å². The summed E-state index contributed by atoms with van der Waals surface area (Å²) in [6.07, 6.45) is 4.45. The predicted octanol–water partition coefficient (Wildman–Crippen LogP) is 3.71. The van der Waals surface area contributed by atoms with Gasteiger partial charge in [0, 0.05) is 55.4 Å². The normalized spacial score (nSPS) is 37.4. The molecule has 1 heterocycles. The topological polar surface area (TPSA) is 105 Å². The number of ketones is 1. The number of carbonyl (C=O) groups excluding carboxylic acids is 4. The molecule has 0 spiro atoms. The minimum absolute atomic E-state index is 0.0512. The summed E-state index contributed by atoms with van der Waals surface area (Å²) in [5, 5.41) is 0. The second kappa shape index (κ2) is 9.00. The van der Waals surface area contributed by atoms with E-state index in [1.807, 2.05) is 0 Å². The molecule has 34 heavy (non-hydrogen) atoms. The first-order chi connectivity index (χ1) is 16.0. The molecule has 0 radical (unpaired) electrons. The van der Waals surface area contributed by atoms with E-state index in [0.29, 0.717) is 24.3 Å². The largest absolute Gasteiger partial charge is 0.465 e. The molecule has 7 unspecified atom stereocenters. The van der Waals surface area contributed by atoms with Gasteiger partial charge in [0.05, 0.1) is 6.26 Å². The Morgan fingerprint density at radius 3 is 2.38 bits per heavy atom. The van der Waals surface area contributed by atoms with Gasteiger partial charge in [0.15, 0.2) is 5.78 Å². The number of hydrogen-bond acceptors (Lipinski definition) is 8. The average Bonchev–Trinajstić information content (AvgIpc) is 3.08. The molecule has 188 valence electrons. The fraction of sp³-hybridized carbons (Fsp3) is 0.769. The van der Waals surface area contributed by atoms with E-state index in [9.17, 15) is 19.2 Å². The Bertz CT molecular complexity index is 906. The number of Topliss-reactive ketones (excluding diaryl/α,β-unsaturated/α-hetero) is 1. The van der Waals surface area contributed by atoms with Crippen LogP contribution in [0.4, 0.5) is 0 Å². The van der Waals surface area contributed by atoms with Gasteiger partial charge in [-0.25, -0.2) is 0 Å². The molecule has 1 aliphatic heterocycles. The molecular formula is C26H36O8. The monoisotopic (exact) mass is 476 g/mol. The van der Waals surface area contributed by atoms with E-state index >= 15 is 0 Å². The Kier molecular flexibility index (Phi) is 6.55. The van der Waals surface area contributed by atoms with E-state index in [0.717, 1.165) is 25.7 Å². The van der Waals surface area contributed by atoms with Crippen LogP contribution in [0.15, 0.2) is 11.8 Å². The van der Waals surface area contributed by atoms with Gasteiger partial charge in [0.25, 0.3) is 0 Å². The molecule has 3 aliphatic carbocycles. The Hall–Kier alpha value is -2.38. The van der Waals surface area contributed by atoms with Crippen molar-refractivity contribution in [3.05, 3.63) is 11.8 Å². The summed E-state index contributed by atoms with van der Waals surface area (Å²) in [7, 11) is 0. The second-order valence-corrected chi connectivity index (χ2v) is 10.9. The smallest absolute Gasteiger partial charge is 0.305 e. The number of hydrogen-bond donors (Lipinski definition) is 0. The standard InChI is InChI=1S/C26H36O8/c1-14(2)7-8-20(30)19-12-31-23(33-16(4)28)22-18(19)11-21-25(13-32-15(3)27)9-6-10-26(21,22)24(25)34-17(5)29/h12,14,18,21-24H,6-11,13H2,1-5H3. The summed E-state index contributed by atoms with van der Waals surface area (Å²) in [5.41, 5.74) is -0.361. The number of allylic oxidation sites excluding steroid dienone is 1. The van der Waals surface area contributed by atoms with Gasteiger partial charge in [-0.1, -0.05) is 20.3 Å². The summed E-state index contributed by atoms with van der Waals surface area (Å²) in [6.45, 7) is 8.43. The lowest BCUT2D eigenvalue weighted by atomic mass is 9.36. The van der Waals surface area contributed by atoms with Gasteiger partial charge in [-0.3, -0.25) is 19.2 Å². The van der Waals surface area contributed by atoms with Gasteiger partial charge in [0.1, 0.15) is 12.7 Å². The molecule has 3 saturated carbocycles. The third-order valence-electron chi connectivity index (χ3n) is 8.55. The molecule has 7 atom stereocenters. The highest BCUT2D eigenvalue weighted by Gasteiger charge is 2.82. The second-order valence-electron chi connectivity index (χ2n) is 10.9. The zero-order valence-electron chi connectivity index (χ0n) is 20.8. The van der Waals surface area contributed by atoms with Crippen LogP contribution < -0.4 is 0 Å². The third kappa shape index (κ3) is 3.83. The van der Waals surface area contributed by atoms with Crippen LogP contribution in [0.5, 0.6) is 0 Å². The Balaban J connectivity index is 1.73. The molecule has 2 bridgehead atoms. The van der Waals surface area contributed by atoms with E-state index in [4.69, 9.17) is 18.9 Å². The van der Waals surface area contributed by atoms with E-state index in [2.05, 4.69) is 13.8 Å². The Morgan fingerprint density at radius 1 is 1.06 bits per heavy atom. The van der Waals surface area contributed by atoms with E-state index in [1.54, 1.807) is 0 Å². The fourth-order valence-electron chi connectivity index (χ4n) is 7.53. The van der Waals surface area contributed by atoms with Crippen molar-refractivity contribution < 1.29 is 38.1 Å². The summed E-state index contributed by atoms with van der Waals surface area (Å²) in [4.78, 5) is 49.0. The number of carbonyl (C=O) groups is 4. The van der Waals surface area contributed by atoms with E-state index in [-0.39, 0.29) is 36.1 Å². The predicted molar refractivity (Wildman–Crippen MR) is 120 cm³/mol. The summed E-state index contributed by atoms with van der Waals surface area (Å²) >= 11 is 0. The molecule has 0 aromatic carbocycles. The summed E-state index contributed by atoms with van der Waals surface area (Å²) in [5.74, 6) is -1.19. The molecule has 0 N–H and O–H groups in total. The quantitative estimate of drug-likeness (QED) is 0.386. The van der Waals surface area contributed by atoms with Crippen molar-refractivity contribution in [2.75, 3.05) is 6.61 Å². The summed E-state index contributed by atoms with van der Waals surface area (Å²) < 4.78 is 23.0. The highest BCUT2D eigenvalue weighted by atomic mass is 16.7. The van der Waals surface area contributed by atoms with Gasteiger partial charge in [-0.05, 0) is 37.5 Å². The minimum atomic E-state index is -0.850. The maximum absolute atomic E-state index is 13.2. The van der Waals surface area contributed by atoms with Crippen molar-refractivity contribution in [1.82, 2.24) is 0 Å². The lowest BCUT2D eigenvalue weighted by Crippen LogP contribution is -2.74. The van der Waals surface area contributed by atoms with Crippen LogP contribution in [0, 0.1) is 34.5 Å². The first-order valence-corrected chi connectivity index (χ1v) is 12.4. The first-order valence-electron chi connectivity index (χ1n) is 12.4. The van der Waals surface area contributed by atoms with Crippen LogP contribution in [0.1, 0.15) is 73.1 Å². The zero-order valence-corrected chi connectivity index (χ0v) is 20.8. The van der Waals surface area contributed by atoms with Gasteiger partial charge < -0.3 is 18.9 Å². The maximum atomic E-state index is 13.2. The van der Waals surface area contributed by atoms with Crippen molar-refractivity contribution in [2.45, 2.75) is 85.5 Å². The van der Waals surface area contributed by atoms with Crippen LogP contribution in [0.2, 0.25) is 0 Å². The van der Waals surface area contributed by atoms with Crippen molar-refractivity contribution in [3.63, 3.8) is 0 Å². The van der Waals surface area contributed by atoms with Crippen LogP contribution in [0.25, 0.3) is 0 Å². The fourth-order valence-corrected chi connectivity index (χ4v) is 7.53. The molecule has 4 aliphatic rings. The number of fused-ring (bicyclic) bond motifs is 1. The molecule has 0 aromatic rings. The highest BCUT2D eigenvalue weighted by molar-refractivity contribution is 5.96. The molecule has 3 fully saturated rings. The van der Waals surface area contributed by atoms with Crippen molar-refractivity contribution in [1.29, 1.82) is 0 Å². The average molecular weight is 477 g/mol. The third-order valence-corrected chi connectivity index (χ3v) is 8.55. The molecule has 0 aromatic heterocycles. The Labute approximate surface area is 200 Å². The van der Waals surface area contributed by atoms with Gasteiger partial charge in [0.2, 0.25) is 6.29 Å². The van der Waals surface area contributed by atoms with Crippen LogP contribution >= 0.6 is 0 Å². The maximum Gasteiger partial charge on any atom is 0.305 e. The number of esters is 3. The summed E-state index contributed by atoms with van der Waals surface area (Å²) in [6, 6.07) is 0. The molecule has 0 amide bonds. The number of rotatable bonds is 8. The molecule has 4 rings (SSSR count). The molecule has 8 heteroatoms.